The van der Waals surface area contributed by atoms with Crippen molar-refractivity contribution in [3.8, 4) is 5.75 Å². The van der Waals surface area contributed by atoms with Gasteiger partial charge in [-0.3, -0.25) is 0 Å². The SMILES string of the molecule is CCCCCCCOc1ccc(CC[C@@](C)(NC(=O)OCc2ccccc2)C(=O)O)cc1. The van der Waals surface area contributed by atoms with Crippen LogP contribution in [0.1, 0.15) is 63.5 Å². The lowest BCUT2D eigenvalue weighted by Crippen LogP contribution is -2.52. The van der Waals surface area contributed by atoms with Crippen LogP contribution in [0.15, 0.2) is 54.6 Å². The quantitative estimate of drug-likeness (QED) is 0.365. The van der Waals surface area contributed by atoms with E-state index in [1.54, 1.807) is 0 Å². The van der Waals surface area contributed by atoms with Crippen LogP contribution >= 0.6 is 0 Å². The van der Waals surface area contributed by atoms with Crippen LogP contribution in [0, 0.1) is 0 Å². The van der Waals surface area contributed by atoms with Crippen LogP contribution in [0.4, 0.5) is 4.79 Å². The van der Waals surface area contributed by atoms with Gasteiger partial charge in [-0.05, 0) is 49.4 Å². The summed E-state index contributed by atoms with van der Waals surface area (Å²) >= 11 is 0. The molecule has 2 rings (SSSR count). The molecule has 32 heavy (non-hydrogen) atoms. The minimum Gasteiger partial charge on any atom is -0.494 e. The molecule has 0 aliphatic rings. The van der Waals surface area contributed by atoms with E-state index < -0.39 is 17.6 Å². The summed E-state index contributed by atoms with van der Waals surface area (Å²) in [5.41, 5.74) is 0.386. The van der Waals surface area contributed by atoms with Gasteiger partial charge in [0.15, 0.2) is 0 Å². The van der Waals surface area contributed by atoms with Gasteiger partial charge < -0.3 is 19.9 Å². The number of ether oxygens (including phenoxy) is 2. The molecule has 0 unspecified atom stereocenters. The van der Waals surface area contributed by atoms with Crippen molar-refractivity contribution < 1.29 is 24.2 Å². The van der Waals surface area contributed by atoms with Gasteiger partial charge in [0.05, 0.1) is 6.61 Å². The third-order valence-corrected chi connectivity index (χ3v) is 5.42. The predicted octanol–water partition coefficient (Wildman–Crippen LogP) is 5.74. The highest BCUT2D eigenvalue weighted by molar-refractivity contribution is 5.83. The summed E-state index contributed by atoms with van der Waals surface area (Å²) in [6.45, 7) is 4.48. The average Bonchev–Trinajstić information content (AvgIpc) is 2.80. The molecule has 0 aliphatic heterocycles. The first-order valence-corrected chi connectivity index (χ1v) is 11.4. The fraction of sp³-hybridized carbons (Fsp3) is 0.462. The molecule has 6 nitrogen and oxygen atoms in total. The zero-order chi connectivity index (χ0) is 23.2. The Morgan fingerprint density at radius 2 is 1.62 bits per heavy atom. The fourth-order valence-electron chi connectivity index (χ4n) is 3.25. The van der Waals surface area contributed by atoms with Crippen LogP contribution < -0.4 is 10.1 Å². The lowest BCUT2D eigenvalue weighted by molar-refractivity contribution is -0.144. The molecule has 174 valence electrons. The standard InChI is InChI=1S/C26H35NO5/c1-3-4-5-6-10-19-31-23-15-13-21(14-16-23)17-18-26(2,24(28)29)27-25(30)32-20-22-11-8-7-9-12-22/h7-9,11-16H,3-6,10,17-20H2,1-2H3,(H,27,30)(H,28,29)/t26-/m1/s1. The van der Waals surface area contributed by atoms with E-state index in [2.05, 4.69) is 12.2 Å². The Kier molecular flexibility index (Phi) is 10.6. The largest absolute Gasteiger partial charge is 0.494 e. The number of carboxylic acids is 1. The minimum atomic E-state index is -1.43. The molecule has 0 fully saturated rings. The molecular weight excluding hydrogens is 406 g/mol. The van der Waals surface area contributed by atoms with Crippen molar-refractivity contribution >= 4 is 12.1 Å². The molecule has 0 spiro atoms. The smallest absolute Gasteiger partial charge is 0.408 e. The summed E-state index contributed by atoms with van der Waals surface area (Å²) in [6, 6.07) is 16.9. The van der Waals surface area contributed by atoms with Gasteiger partial charge >= 0.3 is 12.1 Å². The molecule has 0 saturated heterocycles. The topological polar surface area (TPSA) is 84.9 Å². The molecule has 0 aliphatic carbocycles. The molecule has 0 radical (unpaired) electrons. The lowest BCUT2D eigenvalue weighted by Gasteiger charge is -2.26. The number of amides is 1. The summed E-state index contributed by atoms with van der Waals surface area (Å²) < 4.78 is 11.0. The number of benzene rings is 2. The number of aliphatic carboxylic acids is 1. The van der Waals surface area contributed by atoms with Crippen molar-refractivity contribution in [2.45, 2.75) is 70.9 Å². The van der Waals surface area contributed by atoms with E-state index >= 15 is 0 Å². The number of carbonyl (C=O) groups excluding carboxylic acids is 1. The van der Waals surface area contributed by atoms with Gasteiger partial charge in [0.2, 0.25) is 0 Å². The molecule has 0 heterocycles. The van der Waals surface area contributed by atoms with Gasteiger partial charge in [-0.15, -0.1) is 0 Å². The van der Waals surface area contributed by atoms with E-state index in [0.717, 1.165) is 23.3 Å². The van der Waals surface area contributed by atoms with Gasteiger partial charge in [0.1, 0.15) is 17.9 Å². The van der Waals surface area contributed by atoms with Gasteiger partial charge in [-0.25, -0.2) is 9.59 Å². The maximum absolute atomic E-state index is 12.2. The summed E-state index contributed by atoms with van der Waals surface area (Å²) in [5, 5.41) is 12.2. The van der Waals surface area contributed by atoms with Crippen molar-refractivity contribution in [2.24, 2.45) is 0 Å². The van der Waals surface area contributed by atoms with Crippen LogP contribution in [0.3, 0.4) is 0 Å². The minimum absolute atomic E-state index is 0.0858. The highest BCUT2D eigenvalue weighted by Crippen LogP contribution is 2.19. The Morgan fingerprint density at radius 1 is 0.938 bits per heavy atom. The summed E-state index contributed by atoms with van der Waals surface area (Å²) in [5.74, 6) is -0.287. The molecule has 2 aromatic rings. The number of hydrogen-bond acceptors (Lipinski definition) is 4. The van der Waals surface area contributed by atoms with Crippen LogP contribution in [0.25, 0.3) is 0 Å². The molecule has 1 amide bonds. The van der Waals surface area contributed by atoms with E-state index in [0.29, 0.717) is 13.0 Å². The van der Waals surface area contributed by atoms with Crippen molar-refractivity contribution in [1.82, 2.24) is 5.32 Å². The monoisotopic (exact) mass is 441 g/mol. The van der Waals surface area contributed by atoms with Crippen LogP contribution in [0.5, 0.6) is 5.75 Å². The van der Waals surface area contributed by atoms with Crippen LogP contribution in [-0.2, 0) is 22.6 Å². The van der Waals surface area contributed by atoms with Crippen molar-refractivity contribution in [3.63, 3.8) is 0 Å². The Balaban J connectivity index is 1.79. The maximum Gasteiger partial charge on any atom is 0.408 e. The fourth-order valence-corrected chi connectivity index (χ4v) is 3.25. The third-order valence-electron chi connectivity index (χ3n) is 5.42. The van der Waals surface area contributed by atoms with Gasteiger partial charge in [-0.2, -0.15) is 0 Å². The Hall–Kier alpha value is -3.02. The number of aryl methyl sites for hydroxylation is 1. The van der Waals surface area contributed by atoms with E-state index in [1.807, 2.05) is 54.6 Å². The zero-order valence-electron chi connectivity index (χ0n) is 19.1. The average molecular weight is 442 g/mol. The molecule has 1 atom stereocenters. The summed E-state index contributed by atoms with van der Waals surface area (Å²) in [4.78, 5) is 24.0. The third kappa shape index (κ3) is 9.00. The first kappa shape index (κ1) is 25.2. The van der Waals surface area contributed by atoms with E-state index in [4.69, 9.17) is 9.47 Å². The second kappa shape index (κ2) is 13.4. The van der Waals surface area contributed by atoms with E-state index in [-0.39, 0.29) is 13.0 Å². The number of alkyl carbamates (subject to hydrolysis) is 1. The molecule has 0 aromatic heterocycles. The highest BCUT2D eigenvalue weighted by atomic mass is 16.5. The maximum atomic E-state index is 12.2. The molecule has 0 bridgehead atoms. The zero-order valence-corrected chi connectivity index (χ0v) is 19.1. The van der Waals surface area contributed by atoms with E-state index in [1.165, 1.54) is 32.6 Å². The first-order valence-electron chi connectivity index (χ1n) is 11.4. The molecule has 2 N–H and O–H groups in total. The second-order valence-electron chi connectivity index (χ2n) is 8.23. The number of rotatable bonds is 14. The van der Waals surface area contributed by atoms with Crippen molar-refractivity contribution in [2.75, 3.05) is 6.61 Å². The van der Waals surface area contributed by atoms with Crippen molar-refractivity contribution in [1.29, 1.82) is 0 Å². The highest BCUT2D eigenvalue weighted by Gasteiger charge is 2.35. The lowest BCUT2D eigenvalue weighted by atomic mass is 9.93. The molecule has 6 heteroatoms. The summed E-state index contributed by atoms with van der Waals surface area (Å²) in [6.07, 6.45) is 5.96. The molecule has 0 saturated carbocycles. The van der Waals surface area contributed by atoms with Crippen molar-refractivity contribution in [3.05, 3.63) is 65.7 Å². The summed E-state index contributed by atoms with van der Waals surface area (Å²) in [7, 11) is 0. The number of nitrogens with one attached hydrogen (secondary N) is 1. The number of hydrogen-bond donors (Lipinski definition) is 2. The van der Waals surface area contributed by atoms with Gasteiger partial charge in [0.25, 0.3) is 0 Å². The normalized spacial score (nSPS) is 12.6. The Bertz CT molecular complexity index is 822. The van der Waals surface area contributed by atoms with Crippen LogP contribution in [-0.4, -0.2) is 29.3 Å². The number of carbonyl (C=O) groups is 2. The van der Waals surface area contributed by atoms with Gasteiger partial charge in [-0.1, -0.05) is 75.1 Å². The first-order chi connectivity index (χ1) is 15.4. The second-order valence-corrected chi connectivity index (χ2v) is 8.23. The van der Waals surface area contributed by atoms with E-state index in [9.17, 15) is 14.7 Å². The number of carboxylic acid groups (broad SMARTS) is 1. The van der Waals surface area contributed by atoms with Gasteiger partial charge in [0, 0.05) is 0 Å². The number of unbranched alkanes of at least 4 members (excludes halogenated alkanes) is 4. The predicted molar refractivity (Wildman–Crippen MR) is 125 cm³/mol. The van der Waals surface area contributed by atoms with Crippen LogP contribution in [0.2, 0.25) is 0 Å². The Labute approximate surface area is 190 Å². The Morgan fingerprint density at radius 3 is 2.28 bits per heavy atom. The molecular formula is C26H35NO5. The molecule has 2 aromatic carbocycles.